The summed E-state index contributed by atoms with van der Waals surface area (Å²) < 4.78 is 25.7. The van der Waals surface area contributed by atoms with E-state index in [0.29, 0.717) is 6.54 Å². The molecular weight excluding hydrogens is 250 g/mol. The van der Waals surface area contributed by atoms with Crippen LogP contribution in [-0.2, 0) is 0 Å². The van der Waals surface area contributed by atoms with Crippen molar-refractivity contribution in [2.75, 3.05) is 13.1 Å². The van der Waals surface area contributed by atoms with E-state index in [-0.39, 0.29) is 24.0 Å². The maximum atomic E-state index is 12.9. The van der Waals surface area contributed by atoms with Gasteiger partial charge in [-0.15, -0.1) is 12.4 Å². The van der Waals surface area contributed by atoms with Gasteiger partial charge in [-0.2, -0.15) is 0 Å². The minimum Gasteiger partial charge on any atom is -0.348 e. The quantitative estimate of drug-likeness (QED) is 0.848. The van der Waals surface area contributed by atoms with E-state index in [1.807, 2.05) is 0 Å². The number of rotatable bonds is 2. The Hall–Kier alpha value is -1.20. The van der Waals surface area contributed by atoms with Crippen molar-refractivity contribution in [3.05, 3.63) is 35.4 Å². The molecule has 0 saturated carbocycles. The number of nitrogens with one attached hydrogen (secondary N) is 2. The van der Waals surface area contributed by atoms with E-state index >= 15 is 0 Å². The number of hydrogen-bond acceptors (Lipinski definition) is 2. The molecule has 1 atom stereocenters. The van der Waals surface area contributed by atoms with Gasteiger partial charge >= 0.3 is 0 Å². The first kappa shape index (κ1) is 13.9. The molecule has 1 aliphatic rings. The molecule has 0 aliphatic carbocycles. The molecule has 1 fully saturated rings. The molecule has 3 nitrogen and oxygen atoms in total. The molecule has 1 amide bonds. The van der Waals surface area contributed by atoms with Gasteiger partial charge in [0.25, 0.3) is 5.91 Å². The molecule has 1 aliphatic heterocycles. The molecule has 1 aromatic carbocycles. The fourth-order valence-corrected chi connectivity index (χ4v) is 1.73. The molecule has 0 radical (unpaired) electrons. The molecule has 1 saturated heterocycles. The van der Waals surface area contributed by atoms with Crippen LogP contribution in [0, 0.1) is 11.6 Å². The first-order valence-electron chi connectivity index (χ1n) is 5.13. The topological polar surface area (TPSA) is 41.1 Å². The average Bonchev–Trinajstić information content (AvgIpc) is 2.68. The zero-order valence-corrected chi connectivity index (χ0v) is 9.82. The van der Waals surface area contributed by atoms with Crippen molar-refractivity contribution in [3.8, 4) is 0 Å². The number of carbonyl (C=O) groups excluding carboxylic acids is 1. The van der Waals surface area contributed by atoms with Gasteiger partial charge < -0.3 is 10.6 Å². The van der Waals surface area contributed by atoms with Gasteiger partial charge in [-0.25, -0.2) is 8.78 Å². The van der Waals surface area contributed by atoms with Crippen LogP contribution in [0.3, 0.4) is 0 Å². The van der Waals surface area contributed by atoms with Gasteiger partial charge in [0.1, 0.15) is 11.6 Å². The van der Waals surface area contributed by atoms with Gasteiger partial charge in [0.05, 0.1) is 0 Å². The summed E-state index contributed by atoms with van der Waals surface area (Å²) in [4.78, 5) is 11.6. The summed E-state index contributed by atoms with van der Waals surface area (Å²) in [5.74, 6) is -1.92. The van der Waals surface area contributed by atoms with Crippen LogP contribution < -0.4 is 10.6 Å². The summed E-state index contributed by atoms with van der Waals surface area (Å²) in [6.07, 6.45) is 0.837. The van der Waals surface area contributed by atoms with Crippen molar-refractivity contribution >= 4 is 18.3 Å². The fraction of sp³-hybridized carbons (Fsp3) is 0.364. The number of hydrogen-bond donors (Lipinski definition) is 2. The van der Waals surface area contributed by atoms with Crippen molar-refractivity contribution in [2.45, 2.75) is 12.5 Å². The molecule has 17 heavy (non-hydrogen) atoms. The predicted octanol–water partition coefficient (Wildman–Crippen LogP) is 1.48. The Morgan fingerprint density at radius 2 is 1.94 bits per heavy atom. The van der Waals surface area contributed by atoms with Crippen LogP contribution in [0.2, 0.25) is 0 Å². The summed E-state index contributed by atoms with van der Waals surface area (Å²) in [6, 6.07) is 2.84. The molecule has 0 spiro atoms. The van der Waals surface area contributed by atoms with Gasteiger partial charge in [0, 0.05) is 24.2 Å². The van der Waals surface area contributed by atoms with Crippen LogP contribution in [0.5, 0.6) is 0 Å². The fourth-order valence-electron chi connectivity index (χ4n) is 1.73. The molecule has 1 unspecified atom stereocenters. The predicted molar refractivity (Wildman–Crippen MR) is 62.3 cm³/mol. The number of amides is 1. The van der Waals surface area contributed by atoms with E-state index in [0.717, 1.165) is 31.2 Å². The van der Waals surface area contributed by atoms with Crippen molar-refractivity contribution < 1.29 is 13.6 Å². The minimum atomic E-state index is -0.741. The van der Waals surface area contributed by atoms with E-state index in [1.165, 1.54) is 0 Å². The highest BCUT2D eigenvalue weighted by atomic mass is 35.5. The van der Waals surface area contributed by atoms with Crippen molar-refractivity contribution in [1.82, 2.24) is 10.6 Å². The van der Waals surface area contributed by atoms with Crippen LogP contribution in [0.25, 0.3) is 0 Å². The Morgan fingerprint density at radius 1 is 1.29 bits per heavy atom. The monoisotopic (exact) mass is 262 g/mol. The third kappa shape index (κ3) is 3.64. The van der Waals surface area contributed by atoms with E-state index in [9.17, 15) is 13.6 Å². The Labute approximate surface area is 104 Å². The van der Waals surface area contributed by atoms with Gasteiger partial charge in [0.15, 0.2) is 0 Å². The Morgan fingerprint density at radius 3 is 2.47 bits per heavy atom. The van der Waals surface area contributed by atoms with Crippen molar-refractivity contribution in [1.29, 1.82) is 0 Å². The standard InChI is InChI=1S/C11H12F2N2O.ClH/c12-8-3-7(4-9(13)5-8)11(16)15-10-1-2-14-6-10;/h3-5,10,14H,1-2,6H2,(H,15,16);1H. The SMILES string of the molecule is Cl.O=C(NC1CCNC1)c1cc(F)cc(F)c1. The summed E-state index contributed by atoms with van der Waals surface area (Å²) in [6.45, 7) is 1.55. The van der Waals surface area contributed by atoms with E-state index in [4.69, 9.17) is 0 Å². The second-order valence-electron chi connectivity index (χ2n) is 3.82. The summed E-state index contributed by atoms with van der Waals surface area (Å²) >= 11 is 0. The molecular formula is C11H13ClF2N2O. The van der Waals surface area contributed by atoms with E-state index in [1.54, 1.807) is 0 Å². The third-order valence-electron chi connectivity index (χ3n) is 2.52. The van der Waals surface area contributed by atoms with Gasteiger partial charge in [0.2, 0.25) is 0 Å². The molecule has 1 heterocycles. The Bertz CT molecular complexity index is 388. The largest absolute Gasteiger partial charge is 0.348 e. The van der Waals surface area contributed by atoms with Crippen LogP contribution >= 0.6 is 12.4 Å². The maximum absolute atomic E-state index is 12.9. The van der Waals surface area contributed by atoms with Crippen LogP contribution in [-0.4, -0.2) is 25.0 Å². The van der Waals surface area contributed by atoms with Crippen molar-refractivity contribution in [2.24, 2.45) is 0 Å². The minimum absolute atomic E-state index is 0. The second-order valence-corrected chi connectivity index (χ2v) is 3.82. The van der Waals surface area contributed by atoms with Crippen LogP contribution in [0.4, 0.5) is 8.78 Å². The van der Waals surface area contributed by atoms with Gasteiger partial charge in [-0.05, 0) is 25.1 Å². The smallest absolute Gasteiger partial charge is 0.251 e. The molecule has 1 aromatic rings. The van der Waals surface area contributed by atoms with Gasteiger partial charge in [-0.3, -0.25) is 4.79 Å². The lowest BCUT2D eigenvalue weighted by atomic mass is 10.1. The maximum Gasteiger partial charge on any atom is 0.251 e. The number of benzene rings is 1. The molecule has 6 heteroatoms. The number of carbonyl (C=O) groups is 1. The highest BCUT2D eigenvalue weighted by Crippen LogP contribution is 2.08. The number of halogens is 3. The Kier molecular flexibility index (Phi) is 4.84. The summed E-state index contributed by atoms with van der Waals surface area (Å²) in [5.41, 5.74) is 0.0180. The van der Waals surface area contributed by atoms with Crippen LogP contribution in [0.1, 0.15) is 16.8 Å². The van der Waals surface area contributed by atoms with Crippen molar-refractivity contribution in [3.63, 3.8) is 0 Å². The lowest BCUT2D eigenvalue weighted by Crippen LogP contribution is -2.36. The van der Waals surface area contributed by atoms with E-state index in [2.05, 4.69) is 10.6 Å². The first-order chi connectivity index (χ1) is 7.65. The van der Waals surface area contributed by atoms with E-state index < -0.39 is 17.5 Å². The zero-order chi connectivity index (χ0) is 11.5. The van der Waals surface area contributed by atoms with Crippen LogP contribution in [0.15, 0.2) is 18.2 Å². The lowest BCUT2D eigenvalue weighted by Gasteiger charge is -2.11. The third-order valence-corrected chi connectivity index (χ3v) is 2.52. The molecule has 2 rings (SSSR count). The molecule has 94 valence electrons. The average molecular weight is 263 g/mol. The molecule has 2 N–H and O–H groups in total. The molecule has 0 bridgehead atoms. The summed E-state index contributed by atoms with van der Waals surface area (Å²) in [5, 5.41) is 5.80. The molecule has 0 aromatic heterocycles. The zero-order valence-electron chi connectivity index (χ0n) is 9.00. The van der Waals surface area contributed by atoms with Gasteiger partial charge in [-0.1, -0.05) is 0 Å². The highest BCUT2D eigenvalue weighted by molar-refractivity contribution is 5.94. The Balaban J connectivity index is 0.00000144. The first-order valence-corrected chi connectivity index (χ1v) is 5.13. The normalized spacial score (nSPS) is 18.6. The second kappa shape index (κ2) is 5.93. The summed E-state index contributed by atoms with van der Waals surface area (Å²) in [7, 11) is 0. The highest BCUT2D eigenvalue weighted by Gasteiger charge is 2.18. The lowest BCUT2D eigenvalue weighted by molar-refractivity contribution is 0.0939.